The molecule has 1 aliphatic rings. The molecule has 0 aromatic rings. The van der Waals surface area contributed by atoms with Crippen LogP contribution in [0.25, 0.3) is 0 Å². The zero-order valence-corrected chi connectivity index (χ0v) is 10.1. The van der Waals surface area contributed by atoms with Crippen molar-refractivity contribution in [3.8, 4) is 0 Å². The molecule has 0 bridgehead atoms. The van der Waals surface area contributed by atoms with Gasteiger partial charge in [0.15, 0.2) is 0 Å². The standard InChI is InChI=1S/C13H22O3/c1-2-3-4-5-6-11-9-12(16-10-14)7-8-13(11)15/h10-12H,2-9H2,1H3. The average molecular weight is 226 g/mol. The molecular formula is C13H22O3. The highest BCUT2D eigenvalue weighted by molar-refractivity contribution is 5.81. The lowest BCUT2D eigenvalue weighted by atomic mass is 9.83. The van der Waals surface area contributed by atoms with Crippen LogP contribution in [0.1, 0.15) is 58.3 Å². The van der Waals surface area contributed by atoms with E-state index in [2.05, 4.69) is 6.92 Å². The van der Waals surface area contributed by atoms with E-state index in [0.29, 0.717) is 25.1 Å². The van der Waals surface area contributed by atoms with Crippen LogP contribution < -0.4 is 0 Å². The van der Waals surface area contributed by atoms with Gasteiger partial charge in [-0.15, -0.1) is 0 Å². The van der Waals surface area contributed by atoms with Crippen LogP contribution in [0.4, 0.5) is 0 Å². The van der Waals surface area contributed by atoms with E-state index in [1.807, 2.05) is 0 Å². The summed E-state index contributed by atoms with van der Waals surface area (Å²) in [5.74, 6) is 0.498. The van der Waals surface area contributed by atoms with Crippen molar-refractivity contribution < 1.29 is 14.3 Å². The van der Waals surface area contributed by atoms with Gasteiger partial charge in [0.1, 0.15) is 11.9 Å². The minimum absolute atomic E-state index is 0.0219. The Bertz CT molecular complexity index is 225. The summed E-state index contributed by atoms with van der Waals surface area (Å²) < 4.78 is 4.96. The lowest BCUT2D eigenvalue weighted by molar-refractivity contribution is -0.140. The van der Waals surface area contributed by atoms with E-state index in [9.17, 15) is 9.59 Å². The normalized spacial score (nSPS) is 25.4. The number of ether oxygens (including phenoxy) is 1. The van der Waals surface area contributed by atoms with Crippen LogP contribution in [0.5, 0.6) is 0 Å². The molecule has 0 aromatic heterocycles. The minimum atomic E-state index is -0.0219. The molecule has 0 N–H and O–H groups in total. The molecule has 1 saturated carbocycles. The van der Waals surface area contributed by atoms with E-state index < -0.39 is 0 Å². The topological polar surface area (TPSA) is 43.4 Å². The first-order valence-corrected chi connectivity index (χ1v) is 6.39. The predicted octanol–water partition coefficient (Wildman–Crippen LogP) is 2.87. The van der Waals surface area contributed by atoms with Crippen LogP contribution in [0, 0.1) is 5.92 Å². The van der Waals surface area contributed by atoms with Crippen LogP contribution in [0.3, 0.4) is 0 Å². The van der Waals surface area contributed by atoms with Gasteiger partial charge in [-0.1, -0.05) is 32.6 Å². The number of hydrogen-bond acceptors (Lipinski definition) is 3. The summed E-state index contributed by atoms with van der Waals surface area (Å²) >= 11 is 0. The molecule has 1 rings (SSSR count). The SMILES string of the molecule is CCCCCCC1CC(OC=O)CCC1=O. The first-order valence-electron chi connectivity index (χ1n) is 6.39. The zero-order chi connectivity index (χ0) is 11.8. The fourth-order valence-electron chi connectivity index (χ4n) is 2.37. The first-order chi connectivity index (χ1) is 7.77. The van der Waals surface area contributed by atoms with Crippen molar-refractivity contribution in [1.82, 2.24) is 0 Å². The van der Waals surface area contributed by atoms with Crippen LogP contribution in [-0.4, -0.2) is 18.4 Å². The van der Waals surface area contributed by atoms with Crippen molar-refractivity contribution in [2.24, 2.45) is 5.92 Å². The summed E-state index contributed by atoms with van der Waals surface area (Å²) in [4.78, 5) is 21.9. The number of Topliss-reactive ketones (excluding diaryl/α,β-unsaturated/α-hetero) is 1. The molecule has 3 heteroatoms. The second-order valence-electron chi connectivity index (χ2n) is 4.64. The van der Waals surface area contributed by atoms with Gasteiger partial charge in [-0.2, -0.15) is 0 Å². The molecule has 2 unspecified atom stereocenters. The maximum atomic E-state index is 11.7. The quantitative estimate of drug-likeness (QED) is 0.495. The summed E-state index contributed by atoms with van der Waals surface area (Å²) in [6, 6.07) is 0. The van der Waals surface area contributed by atoms with Crippen molar-refractivity contribution in [2.45, 2.75) is 64.4 Å². The molecule has 0 aromatic carbocycles. The molecule has 16 heavy (non-hydrogen) atoms. The molecule has 0 spiro atoms. The fourth-order valence-corrected chi connectivity index (χ4v) is 2.37. The van der Waals surface area contributed by atoms with Gasteiger partial charge in [-0.3, -0.25) is 9.59 Å². The smallest absolute Gasteiger partial charge is 0.293 e. The third kappa shape index (κ3) is 4.33. The van der Waals surface area contributed by atoms with Crippen molar-refractivity contribution >= 4 is 12.3 Å². The summed E-state index contributed by atoms with van der Waals surface area (Å²) in [5, 5.41) is 0. The van der Waals surface area contributed by atoms with Crippen molar-refractivity contribution in [1.29, 1.82) is 0 Å². The largest absolute Gasteiger partial charge is 0.465 e. The molecule has 3 nitrogen and oxygen atoms in total. The minimum Gasteiger partial charge on any atom is -0.465 e. The van der Waals surface area contributed by atoms with Crippen LogP contribution in [0.15, 0.2) is 0 Å². The van der Waals surface area contributed by atoms with Gasteiger partial charge in [-0.25, -0.2) is 0 Å². The molecule has 0 aliphatic heterocycles. The van der Waals surface area contributed by atoms with E-state index in [0.717, 1.165) is 19.3 Å². The van der Waals surface area contributed by atoms with Gasteiger partial charge >= 0.3 is 0 Å². The summed E-state index contributed by atoms with van der Waals surface area (Å²) in [6.45, 7) is 2.69. The Morgan fingerprint density at radius 3 is 2.88 bits per heavy atom. The molecule has 0 radical (unpaired) electrons. The Kier molecular flexibility index (Phi) is 6.12. The predicted molar refractivity (Wildman–Crippen MR) is 62.0 cm³/mol. The van der Waals surface area contributed by atoms with E-state index in [1.165, 1.54) is 19.3 Å². The number of ketones is 1. The average Bonchev–Trinajstić information content (AvgIpc) is 2.29. The molecule has 2 atom stereocenters. The van der Waals surface area contributed by atoms with Crippen molar-refractivity contribution in [3.05, 3.63) is 0 Å². The molecule has 1 aliphatic carbocycles. The second kappa shape index (κ2) is 7.42. The Labute approximate surface area is 97.5 Å². The van der Waals surface area contributed by atoms with Crippen molar-refractivity contribution in [3.63, 3.8) is 0 Å². The van der Waals surface area contributed by atoms with Gasteiger partial charge in [0, 0.05) is 12.3 Å². The Morgan fingerprint density at radius 1 is 1.38 bits per heavy atom. The highest BCUT2D eigenvalue weighted by atomic mass is 16.5. The lowest BCUT2D eigenvalue weighted by Gasteiger charge is -2.26. The number of carbonyl (C=O) groups excluding carboxylic acids is 2. The summed E-state index contributed by atoms with van der Waals surface area (Å²) in [5.41, 5.74) is 0. The number of unbranched alkanes of at least 4 members (excludes halogenated alkanes) is 3. The van der Waals surface area contributed by atoms with Crippen LogP contribution >= 0.6 is 0 Å². The maximum Gasteiger partial charge on any atom is 0.293 e. The third-order valence-electron chi connectivity index (χ3n) is 3.37. The Morgan fingerprint density at radius 2 is 2.19 bits per heavy atom. The molecule has 92 valence electrons. The molecular weight excluding hydrogens is 204 g/mol. The Hall–Kier alpha value is -0.860. The highest BCUT2D eigenvalue weighted by Gasteiger charge is 2.28. The summed E-state index contributed by atoms with van der Waals surface area (Å²) in [7, 11) is 0. The molecule has 0 heterocycles. The van der Waals surface area contributed by atoms with Gasteiger partial charge in [-0.05, 0) is 19.3 Å². The monoisotopic (exact) mass is 226 g/mol. The number of rotatable bonds is 7. The van der Waals surface area contributed by atoms with E-state index in [-0.39, 0.29) is 12.0 Å². The van der Waals surface area contributed by atoms with Gasteiger partial charge in [0.05, 0.1) is 0 Å². The molecule has 1 fully saturated rings. The number of carbonyl (C=O) groups is 2. The molecule has 0 saturated heterocycles. The highest BCUT2D eigenvalue weighted by Crippen LogP contribution is 2.27. The van der Waals surface area contributed by atoms with Crippen molar-refractivity contribution in [2.75, 3.05) is 0 Å². The van der Waals surface area contributed by atoms with Gasteiger partial charge < -0.3 is 4.74 Å². The molecule has 0 amide bonds. The van der Waals surface area contributed by atoms with E-state index in [1.54, 1.807) is 0 Å². The van der Waals surface area contributed by atoms with Crippen LogP contribution in [0.2, 0.25) is 0 Å². The number of hydrogen-bond donors (Lipinski definition) is 0. The third-order valence-corrected chi connectivity index (χ3v) is 3.37. The lowest BCUT2D eigenvalue weighted by Crippen LogP contribution is -2.29. The Balaban J connectivity index is 2.26. The first kappa shape index (κ1) is 13.2. The summed E-state index contributed by atoms with van der Waals surface area (Å²) in [6.07, 6.45) is 7.77. The fraction of sp³-hybridized carbons (Fsp3) is 0.846. The van der Waals surface area contributed by atoms with E-state index in [4.69, 9.17) is 4.74 Å². The van der Waals surface area contributed by atoms with Gasteiger partial charge in [0.25, 0.3) is 6.47 Å². The second-order valence-corrected chi connectivity index (χ2v) is 4.64. The van der Waals surface area contributed by atoms with Gasteiger partial charge in [0.2, 0.25) is 0 Å². The van der Waals surface area contributed by atoms with Crippen LogP contribution in [-0.2, 0) is 14.3 Å². The maximum absolute atomic E-state index is 11.7. The zero-order valence-electron chi connectivity index (χ0n) is 10.1. The van der Waals surface area contributed by atoms with E-state index >= 15 is 0 Å².